The fourth-order valence-electron chi connectivity index (χ4n) is 3.24. The van der Waals surface area contributed by atoms with E-state index >= 15 is 0 Å². The van der Waals surface area contributed by atoms with Crippen molar-refractivity contribution in [2.24, 2.45) is 5.92 Å². The van der Waals surface area contributed by atoms with E-state index in [0.29, 0.717) is 23.7 Å². The van der Waals surface area contributed by atoms with Gasteiger partial charge in [0, 0.05) is 49.2 Å². The number of amides is 1. The monoisotopic (exact) mass is 427 g/mol. The summed E-state index contributed by atoms with van der Waals surface area (Å²) < 4.78 is 10.7. The molecule has 154 valence electrons. The third-order valence-electron chi connectivity index (χ3n) is 4.74. The van der Waals surface area contributed by atoms with Crippen LogP contribution in [0.3, 0.4) is 0 Å². The summed E-state index contributed by atoms with van der Waals surface area (Å²) in [6.45, 7) is 2.44. The van der Waals surface area contributed by atoms with E-state index in [0.717, 1.165) is 36.7 Å². The van der Waals surface area contributed by atoms with Gasteiger partial charge in [0.2, 0.25) is 0 Å². The molecule has 2 aromatic carbocycles. The minimum atomic E-state index is -0.121. The van der Waals surface area contributed by atoms with Crippen LogP contribution in [0, 0.1) is 5.92 Å². The topological polar surface area (TPSA) is 76.8 Å². The fraction of sp³-hybridized carbons (Fsp3) is 0.350. The highest BCUT2D eigenvalue weighted by atomic mass is 35.5. The Labute approximate surface area is 178 Å². The highest BCUT2D eigenvalue weighted by Gasteiger charge is 2.24. The summed E-state index contributed by atoms with van der Waals surface area (Å²) in [5.41, 5.74) is 7.97. The van der Waals surface area contributed by atoms with Crippen molar-refractivity contribution in [3.63, 3.8) is 0 Å². The zero-order chi connectivity index (χ0) is 18.5. The summed E-state index contributed by atoms with van der Waals surface area (Å²) >= 11 is 0. The highest BCUT2D eigenvalue weighted by Crippen LogP contribution is 2.31. The van der Waals surface area contributed by atoms with Gasteiger partial charge >= 0.3 is 0 Å². The van der Waals surface area contributed by atoms with Gasteiger partial charge in [-0.1, -0.05) is 12.1 Å². The summed E-state index contributed by atoms with van der Waals surface area (Å²) in [5, 5.41) is 3.00. The molecule has 3 N–H and O–H groups in total. The number of methoxy groups -OCH3 is 2. The first-order chi connectivity index (χ1) is 12.6. The average molecular weight is 428 g/mol. The molecule has 0 spiro atoms. The van der Waals surface area contributed by atoms with Gasteiger partial charge in [-0.2, -0.15) is 0 Å². The minimum Gasteiger partial charge on any atom is -0.497 e. The van der Waals surface area contributed by atoms with Crippen LogP contribution in [0.5, 0.6) is 11.5 Å². The maximum absolute atomic E-state index is 12.3. The smallest absolute Gasteiger partial charge is 0.253 e. The lowest BCUT2D eigenvalue weighted by molar-refractivity contribution is 0.0949. The first-order valence-corrected chi connectivity index (χ1v) is 8.71. The number of nitrogen functional groups attached to an aromatic ring is 1. The van der Waals surface area contributed by atoms with E-state index in [1.807, 2.05) is 30.3 Å². The van der Waals surface area contributed by atoms with E-state index in [-0.39, 0.29) is 30.7 Å². The summed E-state index contributed by atoms with van der Waals surface area (Å²) in [6.07, 6.45) is 1.02. The van der Waals surface area contributed by atoms with Crippen LogP contribution in [0.2, 0.25) is 0 Å². The van der Waals surface area contributed by atoms with Crippen LogP contribution in [-0.4, -0.2) is 39.8 Å². The molecule has 0 bridgehead atoms. The van der Waals surface area contributed by atoms with Crippen molar-refractivity contribution in [3.8, 4) is 11.5 Å². The molecule has 8 heteroatoms. The second-order valence-corrected chi connectivity index (χ2v) is 6.47. The zero-order valence-electron chi connectivity index (χ0n) is 16.0. The lowest BCUT2D eigenvalue weighted by Crippen LogP contribution is -2.31. The van der Waals surface area contributed by atoms with E-state index in [9.17, 15) is 4.79 Å². The normalized spacial score (nSPS) is 15.2. The predicted molar refractivity (Wildman–Crippen MR) is 118 cm³/mol. The molecule has 0 aromatic heterocycles. The fourth-order valence-corrected chi connectivity index (χ4v) is 3.24. The molecule has 1 heterocycles. The van der Waals surface area contributed by atoms with Crippen molar-refractivity contribution in [1.82, 2.24) is 5.32 Å². The number of benzene rings is 2. The Balaban J connectivity index is 0.00000196. The average Bonchev–Trinajstić information content (AvgIpc) is 3.15. The zero-order valence-corrected chi connectivity index (χ0v) is 17.6. The standard InChI is InChI=1S/C20H25N3O3.2ClH/c1-25-16-9-15(10-17(11-16)26-2)23-8-7-14(13-23)12-22-20(24)18-5-3-4-6-19(18)21;;/h3-6,9-11,14H,7-8,12-13,21H2,1-2H3,(H,22,24);2*1H. The van der Waals surface area contributed by atoms with Crippen molar-refractivity contribution in [1.29, 1.82) is 0 Å². The second kappa shape index (κ2) is 10.9. The van der Waals surface area contributed by atoms with E-state index < -0.39 is 0 Å². The van der Waals surface area contributed by atoms with Crippen LogP contribution >= 0.6 is 24.8 Å². The number of hydrogen-bond acceptors (Lipinski definition) is 5. The number of anilines is 2. The lowest BCUT2D eigenvalue weighted by Gasteiger charge is -2.20. The number of halogens is 2. The van der Waals surface area contributed by atoms with Crippen molar-refractivity contribution >= 4 is 42.1 Å². The van der Waals surface area contributed by atoms with E-state index in [2.05, 4.69) is 10.2 Å². The molecule has 0 saturated carbocycles. The molecular weight excluding hydrogens is 401 g/mol. The third kappa shape index (κ3) is 5.59. The van der Waals surface area contributed by atoms with Gasteiger partial charge in [-0.25, -0.2) is 0 Å². The van der Waals surface area contributed by atoms with Crippen molar-refractivity contribution in [2.45, 2.75) is 6.42 Å². The SMILES string of the molecule is COc1cc(OC)cc(N2CCC(CNC(=O)c3ccccc3N)C2)c1.Cl.Cl. The molecule has 3 rings (SSSR count). The van der Waals surface area contributed by atoms with Crippen LogP contribution < -0.4 is 25.4 Å². The molecule has 1 saturated heterocycles. The largest absolute Gasteiger partial charge is 0.497 e. The van der Waals surface area contributed by atoms with Gasteiger partial charge in [-0.15, -0.1) is 24.8 Å². The van der Waals surface area contributed by atoms with Crippen LogP contribution in [0.25, 0.3) is 0 Å². The quantitative estimate of drug-likeness (QED) is 0.690. The molecule has 1 aliphatic heterocycles. The van der Waals surface area contributed by atoms with Crippen LogP contribution in [-0.2, 0) is 0 Å². The Bertz CT molecular complexity index is 767. The molecular formula is C20H27Cl2N3O3. The predicted octanol–water partition coefficient (Wildman–Crippen LogP) is 3.39. The molecule has 28 heavy (non-hydrogen) atoms. The molecule has 1 aliphatic rings. The molecule has 6 nitrogen and oxygen atoms in total. The number of rotatable bonds is 6. The van der Waals surface area contributed by atoms with E-state index in [1.54, 1.807) is 26.4 Å². The maximum atomic E-state index is 12.3. The number of nitrogens with one attached hydrogen (secondary N) is 1. The first kappa shape index (κ1) is 23.7. The van der Waals surface area contributed by atoms with Crippen LogP contribution in [0.15, 0.2) is 42.5 Å². The van der Waals surface area contributed by atoms with Crippen molar-refractivity contribution < 1.29 is 14.3 Å². The van der Waals surface area contributed by atoms with Gasteiger partial charge in [0.15, 0.2) is 0 Å². The van der Waals surface area contributed by atoms with Gasteiger partial charge < -0.3 is 25.4 Å². The highest BCUT2D eigenvalue weighted by molar-refractivity contribution is 5.99. The summed E-state index contributed by atoms with van der Waals surface area (Å²) in [5.74, 6) is 1.82. The summed E-state index contributed by atoms with van der Waals surface area (Å²) in [4.78, 5) is 14.6. The van der Waals surface area contributed by atoms with E-state index in [1.165, 1.54) is 0 Å². The minimum absolute atomic E-state index is 0. The number of carbonyl (C=O) groups is 1. The molecule has 2 aromatic rings. The molecule has 1 unspecified atom stereocenters. The van der Waals surface area contributed by atoms with Crippen molar-refractivity contribution in [3.05, 3.63) is 48.0 Å². The van der Waals surface area contributed by atoms with Crippen LogP contribution in [0.4, 0.5) is 11.4 Å². The number of para-hydroxylation sites is 1. The second-order valence-electron chi connectivity index (χ2n) is 6.47. The Morgan fingerprint density at radius 3 is 2.39 bits per heavy atom. The number of ether oxygens (including phenoxy) is 2. The molecule has 1 amide bonds. The Hall–Kier alpha value is -2.31. The number of hydrogen-bond donors (Lipinski definition) is 2. The van der Waals surface area contributed by atoms with Gasteiger partial charge in [0.05, 0.1) is 19.8 Å². The number of nitrogens with zero attached hydrogens (tertiary/aromatic N) is 1. The first-order valence-electron chi connectivity index (χ1n) is 8.71. The van der Waals surface area contributed by atoms with E-state index in [4.69, 9.17) is 15.2 Å². The number of nitrogens with two attached hydrogens (primary N) is 1. The summed E-state index contributed by atoms with van der Waals surface area (Å²) in [7, 11) is 3.30. The lowest BCUT2D eigenvalue weighted by atomic mass is 10.1. The molecule has 1 fully saturated rings. The Kier molecular flexibility index (Phi) is 9.22. The Morgan fingerprint density at radius 2 is 1.79 bits per heavy atom. The van der Waals surface area contributed by atoms with Crippen LogP contribution in [0.1, 0.15) is 16.8 Å². The van der Waals surface area contributed by atoms with Gasteiger partial charge in [-0.3, -0.25) is 4.79 Å². The third-order valence-corrected chi connectivity index (χ3v) is 4.74. The molecule has 0 radical (unpaired) electrons. The Morgan fingerprint density at radius 1 is 1.14 bits per heavy atom. The van der Waals surface area contributed by atoms with Crippen molar-refractivity contribution in [2.75, 3.05) is 44.5 Å². The summed E-state index contributed by atoms with van der Waals surface area (Å²) in [6, 6.07) is 13.0. The van der Waals surface area contributed by atoms with Gasteiger partial charge in [0.1, 0.15) is 11.5 Å². The molecule has 0 aliphatic carbocycles. The molecule has 1 atom stereocenters. The number of carbonyl (C=O) groups excluding carboxylic acids is 1. The maximum Gasteiger partial charge on any atom is 0.253 e. The van der Waals surface area contributed by atoms with Gasteiger partial charge in [-0.05, 0) is 24.5 Å². The van der Waals surface area contributed by atoms with Gasteiger partial charge in [0.25, 0.3) is 5.91 Å².